The lowest BCUT2D eigenvalue weighted by Gasteiger charge is -2.28. The van der Waals surface area contributed by atoms with Crippen molar-refractivity contribution in [2.75, 3.05) is 40.3 Å². The molecule has 7 heterocycles. The Labute approximate surface area is 664 Å². The van der Waals surface area contributed by atoms with Gasteiger partial charge in [-0.15, -0.1) is 68.0 Å². The zero-order valence-electron chi connectivity index (χ0n) is 62.1. The fourth-order valence-corrected chi connectivity index (χ4v) is 14.9. The number of carbonyl (C=O) groups is 6. The number of hydrogen-bond donors (Lipinski definition) is 4. The molecule has 0 saturated carbocycles. The Bertz CT molecular complexity index is 3310. The molecule has 0 spiro atoms. The van der Waals surface area contributed by atoms with Crippen molar-refractivity contribution in [1.82, 2.24) is 35.6 Å². The fraction of sp³-hybridized carbons (Fsp3) is 0.550. The van der Waals surface area contributed by atoms with Crippen molar-refractivity contribution in [1.29, 1.82) is 0 Å². The van der Waals surface area contributed by atoms with Gasteiger partial charge in [0.15, 0.2) is 11.5 Å². The second-order valence-electron chi connectivity index (χ2n) is 26.1. The molecule has 6 aromatic heterocycles. The van der Waals surface area contributed by atoms with Crippen LogP contribution in [0.1, 0.15) is 211 Å². The third kappa shape index (κ3) is 39.1. The predicted molar refractivity (Wildman–Crippen MR) is 444 cm³/mol. The lowest BCUT2D eigenvalue weighted by atomic mass is 10.0. The Kier molecular flexibility index (Phi) is 49.7. The van der Waals surface area contributed by atoms with Gasteiger partial charge in [-0.25, -0.2) is 24.0 Å². The van der Waals surface area contributed by atoms with Gasteiger partial charge in [0.05, 0.1) is 70.9 Å². The van der Waals surface area contributed by atoms with E-state index in [-0.39, 0.29) is 87.0 Å². The average Bonchev–Trinajstić information content (AvgIpc) is 1.78. The van der Waals surface area contributed by atoms with Gasteiger partial charge in [0.1, 0.15) is 25.4 Å². The minimum absolute atomic E-state index is 0. The van der Waals surface area contributed by atoms with E-state index in [2.05, 4.69) is 76.2 Å². The molecule has 0 bridgehead atoms. The highest BCUT2D eigenvalue weighted by Gasteiger charge is 2.28. The molecule has 0 unspecified atom stereocenters. The van der Waals surface area contributed by atoms with Crippen LogP contribution >= 0.6 is 68.0 Å². The molecule has 1 aromatic carbocycles. The highest BCUT2D eigenvalue weighted by atomic mass is 32.1. The zero-order chi connectivity index (χ0) is 74.9. The number of hydrogen-bond acceptors (Lipinski definition) is 21. The van der Waals surface area contributed by atoms with Gasteiger partial charge in [-0.1, -0.05) is 138 Å². The molecule has 1 aliphatic rings. The van der Waals surface area contributed by atoms with E-state index in [0.717, 1.165) is 87.2 Å². The van der Waals surface area contributed by atoms with Crippen LogP contribution < -0.4 is 31.2 Å². The van der Waals surface area contributed by atoms with Crippen LogP contribution in [0.3, 0.4) is 0 Å². The molecule has 107 heavy (non-hydrogen) atoms. The first-order valence-corrected chi connectivity index (χ1v) is 40.7. The van der Waals surface area contributed by atoms with Gasteiger partial charge in [0, 0.05) is 47.4 Å². The number of nitrogens with zero attached hydrogens (tertiary/aromatic N) is 4. The highest BCUT2D eigenvalue weighted by molar-refractivity contribution is 7.11. The summed E-state index contributed by atoms with van der Waals surface area (Å²) in [4.78, 5) is 90.0. The van der Waals surface area contributed by atoms with Crippen molar-refractivity contribution in [3.8, 4) is 11.5 Å². The Hall–Kier alpha value is -7.24. The Morgan fingerprint density at radius 1 is 0.505 bits per heavy atom. The third-order valence-electron chi connectivity index (χ3n) is 15.8. The van der Waals surface area contributed by atoms with Crippen LogP contribution in [-0.2, 0) is 67.7 Å². The molecule has 8 rings (SSSR count). The van der Waals surface area contributed by atoms with E-state index in [4.69, 9.17) is 38.9 Å². The number of thiophene rings is 6. The molecular formula is C80H126N8O13S6. The second-order valence-corrected chi connectivity index (χ2v) is 32.3. The number of urea groups is 1. The first-order valence-electron chi connectivity index (χ1n) is 35.4. The summed E-state index contributed by atoms with van der Waals surface area (Å²) in [5.41, 5.74) is 6.08. The quantitative estimate of drug-likeness (QED) is 0.0211. The number of fused-ring (bicyclic) bond motifs is 1. The molecule has 5 N–H and O–H groups in total. The SMILES string of the molecule is C.C.C.C.CCCC[C@@H](COC(=O)N(Cc1cccs1)Cc1cccs1)NC(=O)N[C@@H](CC(=O)OC)c1ccc2c(c1)OCO2.CCCC[C@@H](COC(=O)N(Cc1cccs1)Cc1cccs1)NC(=O)OC(C)(C)C.CCCC[C@H](N)COC(=O)N(Cc1cccs1)Cc1cccs1.CCN(C(C)C)C(C)C. The van der Waals surface area contributed by atoms with Crippen molar-refractivity contribution >= 4 is 104 Å². The van der Waals surface area contributed by atoms with Crippen LogP contribution in [0.5, 0.6) is 11.5 Å². The summed E-state index contributed by atoms with van der Waals surface area (Å²) in [5.74, 6) is 0.673. The maximum Gasteiger partial charge on any atom is 0.410 e. The lowest BCUT2D eigenvalue weighted by Crippen LogP contribution is -2.46. The number of amides is 6. The Morgan fingerprint density at radius 2 is 0.869 bits per heavy atom. The summed E-state index contributed by atoms with van der Waals surface area (Å²) in [6, 6.07) is 28.6. The molecule has 4 atom stereocenters. The number of carbonyl (C=O) groups excluding carboxylic acids is 6. The van der Waals surface area contributed by atoms with E-state index >= 15 is 0 Å². The van der Waals surface area contributed by atoms with Crippen LogP contribution in [0.15, 0.2) is 123 Å². The number of nitrogens with two attached hydrogens (primary N) is 1. The normalized spacial score (nSPS) is 12.1. The number of rotatable bonds is 36. The van der Waals surface area contributed by atoms with Crippen molar-refractivity contribution in [3.05, 3.63) is 158 Å². The van der Waals surface area contributed by atoms with Gasteiger partial charge in [-0.2, -0.15) is 0 Å². The lowest BCUT2D eigenvalue weighted by molar-refractivity contribution is -0.141. The number of unbranched alkanes of at least 4 members (excludes halogenated alkanes) is 3. The first-order chi connectivity index (χ1) is 49.5. The minimum Gasteiger partial charge on any atom is -0.469 e. The van der Waals surface area contributed by atoms with Gasteiger partial charge in [0.25, 0.3) is 0 Å². The minimum atomic E-state index is -0.668. The number of benzene rings is 1. The maximum atomic E-state index is 13.2. The van der Waals surface area contributed by atoms with Gasteiger partial charge < -0.3 is 54.8 Å². The maximum absolute atomic E-state index is 13.2. The number of methoxy groups -OCH3 is 1. The van der Waals surface area contributed by atoms with Crippen molar-refractivity contribution in [2.45, 2.75) is 251 Å². The van der Waals surface area contributed by atoms with Gasteiger partial charge in [-0.3, -0.25) is 24.4 Å². The van der Waals surface area contributed by atoms with E-state index in [1.807, 2.05) is 126 Å². The summed E-state index contributed by atoms with van der Waals surface area (Å²) >= 11 is 9.68. The van der Waals surface area contributed by atoms with Crippen LogP contribution in [0, 0.1) is 0 Å². The highest BCUT2D eigenvalue weighted by Crippen LogP contribution is 2.35. The summed E-state index contributed by atoms with van der Waals surface area (Å²) in [6.07, 6.45) is 6.38. The van der Waals surface area contributed by atoms with E-state index in [0.29, 0.717) is 74.8 Å². The summed E-state index contributed by atoms with van der Waals surface area (Å²) in [7, 11) is 1.30. The first kappa shape index (κ1) is 97.8. The van der Waals surface area contributed by atoms with E-state index in [1.54, 1.807) is 101 Å². The van der Waals surface area contributed by atoms with Gasteiger partial charge in [-0.05, 0) is 161 Å². The van der Waals surface area contributed by atoms with Crippen LogP contribution in [0.2, 0.25) is 0 Å². The number of esters is 1. The molecule has 0 radical (unpaired) electrons. The molecule has 0 fully saturated rings. The molecule has 0 saturated heterocycles. The topological polar surface area (TPSA) is 242 Å². The number of nitrogens with one attached hydrogen (secondary N) is 3. The molecule has 1 aliphatic heterocycles. The van der Waals surface area contributed by atoms with E-state index in [9.17, 15) is 28.8 Å². The fourth-order valence-electron chi connectivity index (χ4n) is 10.6. The number of ether oxygens (including phenoxy) is 7. The molecule has 21 nitrogen and oxygen atoms in total. The monoisotopic (exact) mass is 1600 g/mol. The predicted octanol–water partition coefficient (Wildman–Crippen LogP) is 21.0. The zero-order valence-corrected chi connectivity index (χ0v) is 67.0. The average molecular weight is 1600 g/mol. The Balaban J connectivity index is 0.000000769. The smallest absolute Gasteiger partial charge is 0.410 e. The number of alkyl carbamates (subject to hydrolysis) is 1. The van der Waals surface area contributed by atoms with Crippen LogP contribution in [0.25, 0.3) is 0 Å². The van der Waals surface area contributed by atoms with Crippen molar-refractivity contribution < 1.29 is 61.9 Å². The van der Waals surface area contributed by atoms with Crippen molar-refractivity contribution in [2.24, 2.45) is 5.73 Å². The Morgan fingerprint density at radius 3 is 1.20 bits per heavy atom. The van der Waals surface area contributed by atoms with Gasteiger partial charge in [0.2, 0.25) is 6.79 Å². The molecule has 600 valence electrons. The van der Waals surface area contributed by atoms with Crippen LogP contribution in [0.4, 0.5) is 24.0 Å². The van der Waals surface area contributed by atoms with E-state index < -0.39 is 41.9 Å². The molecular weight excluding hydrogens is 1470 g/mol. The summed E-state index contributed by atoms with van der Waals surface area (Å²) in [6.45, 7) is 27.6. The standard InChI is InChI=1S/C29H35N3O7S2.C22H32N2O4S2.C17H24N2O2S2.C8H19N.4CH4/c1-3-4-7-21(18-37-29(35)32(16-22-8-5-12-40-22)17-23-9-6-13-41-23)30-28(34)31-24(15-27(33)36-2)20-10-11-25-26(14-20)39-19-38-25;1-5-6-9-17(23-20(25)28-22(2,3)4)16-27-21(26)24(14-18-10-7-12-29-18)15-19-11-8-13-30-19;1-2-3-6-14(18)13-21-17(20)19(11-15-7-4-9-22-15)12-16-8-5-10-23-16;1-6-9(7(2)3)8(4)5;;;;/h5-6,8-14,21,24H,3-4,7,15-19H2,1-2H3,(H2,30,31,34);7-8,10-13,17H,5-6,9,14-16H2,1-4H3,(H,23,25);4-5,7-10,14H,2-3,6,11-13,18H2,1H3;7-8H,6H2,1-5H3;4*1H4/t21-,24-;17-;14-;;;;;/m000...../s1. The summed E-state index contributed by atoms with van der Waals surface area (Å²) in [5, 5.41) is 20.6. The molecule has 27 heteroatoms. The second kappa shape index (κ2) is 54.4. The summed E-state index contributed by atoms with van der Waals surface area (Å²) < 4.78 is 37.8. The van der Waals surface area contributed by atoms with E-state index in [1.165, 1.54) is 7.11 Å². The largest absolute Gasteiger partial charge is 0.469 e. The van der Waals surface area contributed by atoms with Crippen molar-refractivity contribution in [3.63, 3.8) is 0 Å². The third-order valence-corrected chi connectivity index (χ3v) is 20.9. The molecule has 7 aromatic rings. The van der Waals surface area contributed by atoms with Gasteiger partial charge >= 0.3 is 36.4 Å². The molecule has 6 amide bonds. The van der Waals surface area contributed by atoms with Crippen LogP contribution in [-0.4, -0.2) is 132 Å². The molecule has 0 aliphatic carbocycles.